The molecule has 0 aromatic heterocycles. The number of rotatable bonds is 1. The van der Waals surface area contributed by atoms with Gasteiger partial charge >= 0.3 is 0 Å². The maximum absolute atomic E-state index is 5.76. The van der Waals surface area contributed by atoms with Gasteiger partial charge in [0.1, 0.15) is 0 Å². The van der Waals surface area contributed by atoms with Crippen LogP contribution in [-0.4, -0.2) is 19.1 Å². The summed E-state index contributed by atoms with van der Waals surface area (Å²) in [7, 11) is 0. The number of hydrogen-bond donors (Lipinski definition) is 1. The molecule has 0 aliphatic carbocycles. The van der Waals surface area contributed by atoms with E-state index in [1.54, 1.807) is 0 Å². The summed E-state index contributed by atoms with van der Waals surface area (Å²) in [4.78, 5) is 2.36. The van der Waals surface area contributed by atoms with Crippen molar-refractivity contribution in [2.45, 2.75) is 19.9 Å². The Morgan fingerprint density at radius 1 is 1.23 bits per heavy atom. The lowest BCUT2D eigenvalue weighted by Gasteiger charge is -2.40. The number of anilines is 1. The lowest BCUT2D eigenvalue weighted by molar-refractivity contribution is 0.518. The van der Waals surface area contributed by atoms with Gasteiger partial charge < -0.3 is 10.6 Å². The number of hydrogen-bond acceptors (Lipinski definition) is 2. The molecule has 1 aromatic rings. The second-order valence-electron chi connectivity index (χ2n) is 3.91. The molecule has 2 nitrogen and oxygen atoms in total. The average Bonchev–Trinajstić information content (AvgIpc) is 2.00. The molecule has 2 N–H and O–H groups in total. The van der Waals surface area contributed by atoms with E-state index in [9.17, 15) is 0 Å². The van der Waals surface area contributed by atoms with Crippen molar-refractivity contribution in [1.29, 1.82) is 0 Å². The van der Waals surface area contributed by atoms with E-state index in [1.807, 2.05) is 0 Å². The first-order valence-corrected chi connectivity index (χ1v) is 4.75. The third kappa shape index (κ3) is 1.42. The Hall–Kier alpha value is -1.02. The molecule has 0 amide bonds. The third-order valence-corrected chi connectivity index (χ3v) is 2.67. The van der Waals surface area contributed by atoms with E-state index in [0.29, 0.717) is 6.04 Å². The van der Waals surface area contributed by atoms with Crippen molar-refractivity contribution in [2.24, 2.45) is 5.73 Å². The van der Waals surface area contributed by atoms with E-state index >= 15 is 0 Å². The van der Waals surface area contributed by atoms with Crippen LogP contribution in [0.15, 0.2) is 18.2 Å². The maximum atomic E-state index is 5.76. The molecule has 1 aromatic carbocycles. The molecule has 0 unspecified atom stereocenters. The van der Waals surface area contributed by atoms with E-state index in [0.717, 1.165) is 13.1 Å². The fourth-order valence-corrected chi connectivity index (χ4v) is 2.00. The molecule has 13 heavy (non-hydrogen) atoms. The van der Waals surface area contributed by atoms with Crippen LogP contribution in [0.25, 0.3) is 0 Å². The standard InChI is InChI=1S/C11H16N2/c1-8-4-3-5-9(2)11(8)13-6-10(12)7-13/h3-5,10H,6-7,12H2,1-2H3. The highest BCUT2D eigenvalue weighted by Gasteiger charge is 2.25. The zero-order chi connectivity index (χ0) is 9.42. The summed E-state index contributed by atoms with van der Waals surface area (Å²) in [6.07, 6.45) is 0. The zero-order valence-corrected chi connectivity index (χ0v) is 8.25. The highest BCUT2D eigenvalue weighted by atomic mass is 15.2. The molecular weight excluding hydrogens is 160 g/mol. The van der Waals surface area contributed by atoms with Gasteiger partial charge in [-0.15, -0.1) is 0 Å². The van der Waals surface area contributed by atoms with Crippen molar-refractivity contribution in [3.8, 4) is 0 Å². The van der Waals surface area contributed by atoms with E-state index in [2.05, 4.69) is 36.9 Å². The summed E-state index contributed by atoms with van der Waals surface area (Å²) in [5.41, 5.74) is 9.85. The fourth-order valence-electron chi connectivity index (χ4n) is 2.00. The van der Waals surface area contributed by atoms with Gasteiger partial charge in [-0.3, -0.25) is 0 Å². The van der Waals surface area contributed by atoms with E-state index in [-0.39, 0.29) is 0 Å². The molecule has 0 atom stereocenters. The second kappa shape index (κ2) is 3.04. The summed E-state index contributed by atoms with van der Waals surface area (Å²) < 4.78 is 0. The van der Waals surface area contributed by atoms with Gasteiger partial charge in [0.25, 0.3) is 0 Å². The Bertz CT molecular complexity index is 294. The van der Waals surface area contributed by atoms with Gasteiger partial charge in [0.2, 0.25) is 0 Å². The zero-order valence-electron chi connectivity index (χ0n) is 8.25. The first-order valence-electron chi connectivity index (χ1n) is 4.75. The van der Waals surface area contributed by atoms with E-state index in [4.69, 9.17) is 5.73 Å². The van der Waals surface area contributed by atoms with Crippen molar-refractivity contribution in [1.82, 2.24) is 0 Å². The lowest BCUT2D eigenvalue weighted by Crippen LogP contribution is -2.56. The minimum absolute atomic E-state index is 0.374. The summed E-state index contributed by atoms with van der Waals surface area (Å²) in [5.74, 6) is 0. The number of para-hydroxylation sites is 1. The van der Waals surface area contributed by atoms with Crippen LogP contribution in [0.3, 0.4) is 0 Å². The predicted octanol–water partition coefficient (Wildman–Crippen LogP) is 1.45. The molecular formula is C11H16N2. The summed E-state index contributed by atoms with van der Waals surface area (Å²) in [5, 5.41) is 0. The highest BCUT2D eigenvalue weighted by Crippen LogP contribution is 2.27. The maximum Gasteiger partial charge on any atom is 0.0426 e. The molecule has 1 fully saturated rings. The normalized spacial score (nSPS) is 17.3. The van der Waals surface area contributed by atoms with Crippen LogP contribution >= 0.6 is 0 Å². The van der Waals surface area contributed by atoms with Gasteiger partial charge in [0.05, 0.1) is 0 Å². The lowest BCUT2D eigenvalue weighted by atomic mass is 10.0. The van der Waals surface area contributed by atoms with Crippen molar-refractivity contribution in [2.75, 3.05) is 18.0 Å². The summed E-state index contributed by atoms with van der Waals surface area (Å²) in [6.45, 7) is 6.33. The average molecular weight is 176 g/mol. The van der Waals surface area contributed by atoms with Gasteiger partial charge in [0, 0.05) is 24.8 Å². The van der Waals surface area contributed by atoms with Crippen LogP contribution < -0.4 is 10.6 Å². The summed E-state index contributed by atoms with van der Waals surface area (Å²) >= 11 is 0. The van der Waals surface area contributed by atoms with Gasteiger partial charge in [-0.05, 0) is 25.0 Å². The molecule has 1 heterocycles. The molecule has 0 spiro atoms. The SMILES string of the molecule is Cc1cccc(C)c1N1CC(N)C1. The minimum Gasteiger partial charge on any atom is -0.368 e. The number of nitrogens with zero attached hydrogens (tertiary/aromatic N) is 1. The largest absolute Gasteiger partial charge is 0.368 e. The Morgan fingerprint density at radius 2 is 1.77 bits per heavy atom. The molecule has 1 aliphatic heterocycles. The van der Waals surface area contributed by atoms with Crippen LogP contribution in [0, 0.1) is 13.8 Å². The first kappa shape index (κ1) is 8.57. The molecule has 0 saturated carbocycles. The monoisotopic (exact) mass is 176 g/mol. The van der Waals surface area contributed by atoms with Gasteiger partial charge in [-0.1, -0.05) is 18.2 Å². The fraction of sp³-hybridized carbons (Fsp3) is 0.455. The van der Waals surface area contributed by atoms with Crippen molar-refractivity contribution >= 4 is 5.69 Å². The van der Waals surface area contributed by atoms with E-state index < -0.39 is 0 Å². The van der Waals surface area contributed by atoms with Gasteiger partial charge in [0.15, 0.2) is 0 Å². The molecule has 70 valence electrons. The van der Waals surface area contributed by atoms with Crippen LogP contribution in [-0.2, 0) is 0 Å². The predicted molar refractivity (Wildman–Crippen MR) is 56.1 cm³/mol. The number of aryl methyl sites for hydroxylation is 2. The number of benzene rings is 1. The molecule has 1 aliphatic rings. The van der Waals surface area contributed by atoms with Crippen LogP contribution in [0.1, 0.15) is 11.1 Å². The Balaban J connectivity index is 2.29. The topological polar surface area (TPSA) is 29.3 Å². The third-order valence-electron chi connectivity index (χ3n) is 2.67. The highest BCUT2D eigenvalue weighted by molar-refractivity contribution is 5.60. The van der Waals surface area contributed by atoms with Crippen molar-refractivity contribution < 1.29 is 0 Å². The first-order chi connectivity index (χ1) is 6.18. The number of nitrogens with two attached hydrogens (primary N) is 1. The van der Waals surface area contributed by atoms with Crippen LogP contribution in [0.5, 0.6) is 0 Å². The van der Waals surface area contributed by atoms with Crippen LogP contribution in [0.2, 0.25) is 0 Å². The molecule has 2 heteroatoms. The molecule has 0 bridgehead atoms. The molecule has 1 saturated heterocycles. The smallest absolute Gasteiger partial charge is 0.0426 e. The quantitative estimate of drug-likeness (QED) is 0.701. The Morgan fingerprint density at radius 3 is 2.23 bits per heavy atom. The minimum atomic E-state index is 0.374. The van der Waals surface area contributed by atoms with Crippen molar-refractivity contribution in [3.05, 3.63) is 29.3 Å². The van der Waals surface area contributed by atoms with Crippen molar-refractivity contribution in [3.63, 3.8) is 0 Å². The van der Waals surface area contributed by atoms with Gasteiger partial charge in [-0.25, -0.2) is 0 Å². The van der Waals surface area contributed by atoms with Crippen LogP contribution in [0.4, 0.5) is 5.69 Å². The Kier molecular flexibility index (Phi) is 2.00. The summed E-state index contributed by atoms with van der Waals surface area (Å²) in [6, 6.07) is 6.80. The second-order valence-corrected chi connectivity index (χ2v) is 3.91. The molecule has 2 rings (SSSR count). The molecule has 0 radical (unpaired) electrons. The van der Waals surface area contributed by atoms with Gasteiger partial charge in [-0.2, -0.15) is 0 Å². The van der Waals surface area contributed by atoms with E-state index in [1.165, 1.54) is 16.8 Å². The Labute approximate surface area is 79.4 Å².